The molecule has 2 amide bonds. The Morgan fingerprint density at radius 2 is 1.95 bits per heavy atom. The van der Waals surface area contributed by atoms with Gasteiger partial charge in [-0.2, -0.15) is 5.10 Å². The number of ether oxygens (including phenoxy) is 1. The number of carbonyl (C=O) groups is 2. The van der Waals surface area contributed by atoms with E-state index in [1.807, 2.05) is 51.1 Å². The lowest BCUT2D eigenvalue weighted by Gasteiger charge is -2.24. The number of methoxy groups -OCH3 is 1. The number of carbonyl (C=O) groups excluding carboxylic acids is 2. The standard InChI is InChI=1S/C30H31FN4O4S/c1-30(2,3)28-26-27(19-7-5-8-20(31)15-19)40-18-25(37)34(17-24(36)32-16-23-9-6-14-39-23)29(26)35(33-28)21-10-12-22(38-4)13-11-21/h5-15,27H,16-18H2,1-4H3,(H,32,36). The van der Waals surface area contributed by atoms with E-state index < -0.39 is 5.41 Å². The van der Waals surface area contributed by atoms with Gasteiger partial charge >= 0.3 is 0 Å². The topological polar surface area (TPSA) is 89.6 Å². The highest BCUT2D eigenvalue weighted by Crippen LogP contribution is 2.48. The number of hydrogen-bond acceptors (Lipinski definition) is 6. The molecule has 0 aliphatic carbocycles. The van der Waals surface area contributed by atoms with Gasteiger partial charge in [0.25, 0.3) is 0 Å². The molecule has 0 saturated heterocycles. The summed E-state index contributed by atoms with van der Waals surface area (Å²) in [6, 6.07) is 17.3. The fourth-order valence-corrected chi connectivity index (χ4v) is 5.90. The highest BCUT2D eigenvalue weighted by Gasteiger charge is 2.40. The molecule has 0 fully saturated rings. The number of aromatic nitrogens is 2. The summed E-state index contributed by atoms with van der Waals surface area (Å²) in [5.74, 6) is 0.940. The second-order valence-corrected chi connectivity index (χ2v) is 11.6. The lowest BCUT2D eigenvalue weighted by molar-refractivity contribution is -0.123. The maximum absolute atomic E-state index is 14.4. The molecule has 1 aliphatic heterocycles. The fourth-order valence-electron chi connectivity index (χ4n) is 4.71. The summed E-state index contributed by atoms with van der Waals surface area (Å²) in [5.41, 5.74) is 2.54. The summed E-state index contributed by atoms with van der Waals surface area (Å²) in [4.78, 5) is 28.4. The van der Waals surface area contributed by atoms with Gasteiger partial charge < -0.3 is 14.5 Å². The molecule has 10 heteroatoms. The van der Waals surface area contributed by atoms with Crippen molar-refractivity contribution in [3.8, 4) is 11.4 Å². The highest BCUT2D eigenvalue weighted by atomic mass is 32.2. The minimum absolute atomic E-state index is 0.105. The van der Waals surface area contributed by atoms with Gasteiger partial charge in [-0.05, 0) is 54.1 Å². The molecule has 0 saturated carbocycles. The first-order chi connectivity index (χ1) is 19.2. The zero-order valence-electron chi connectivity index (χ0n) is 22.8. The van der Waals surface area contributed by atoms with Gasteiger partial charge in [0.15, 0.2) is 0 Å². The molecule has 40 heavy (non-hydrogen) atoms. The maximum Gasteiger partial charge on any atom is 0.240 e. The molecule has 4 aromatic rings. The molecule has 2 aromatic heterocycles. The van der Waals surface area contributed by atoms with Gasteiger partial charge in [-0.1, -0.05) is 32.9 Å². The fraction of sp³-hybridized carbons (Fsp3) is 0.300. The van der Waals surface area contributed by atoms with E-state index in [-0.39, 0.29) is 41.7 Å². The summed E-state index contributed by atoms with van der Waals surface area (Å²) in [6.45, 7) is 6.14. The zero-order valence-corrected chi connectivity index (χ0v) is 23.6. The number of rotatable bonds is 7. The first-order valence-electron chi connectivity index (χ1n) is 12.9. The Hall–Kier alpha value is -4.05. The van der Waals surface area contributed by atoms with Crippen LogP contribution in [-0.4, -0.2) is 41.0 Å². The van der Waals surface area contributed by atoms with Crippen LogP contribution in [-0.2, 0) is 21.5 Å². The Kier molecular flexibility index (Phi) is 7.71. The lowest BCUT2D eigenvalue weighted by Crippen LogP contribution is -2.42. The molecule has 1 atom stereocenters. The average molecular weight is 563 g/mol. The van der Waals surface area contributed by atoms with Crippen LogP contribution in [0.4, 0.5) is 10.2 Å². The molecule has 8 nitrogen and oxygen atoms in total. The van der Waals surface area contributed by atoms with Crippen LogP contribution >= 0.6 is 11.8 Å². The van der Waals surface area contributed by atoms with Crippen LogP contribution in [0.1, 0.15) is 48.6 Å². The Bertz CT molecular complexity index is 1510. The van der Waals surface area contributed by atoms with Gasteiger partial charge in [0, 0.05) is 11.0 Å². The second-order valence-electron chi connectivity index (χ2n) is 10.5. The van der Waals surface area contributed by atoms with E-state index in [0.29, 0.717) is 23.0 Å². The van der Waals surface area contributed by atoms with E-state index in [0.717, 1.165) is 16.8 Å². The van der Waals surface area contributed by atoms with Crippen LogP contribution in [0.15, 0.2) is 71.3 Å². The first kappa shape index (κ1) is 27.5. The van der Waals surface area contributed by atoms with E-state index >= 15 is 0 Å². The number of nitrogens with zero attached hydrogens (tertiary/aromatic N) is 3. The van der Waals surface area contributed by atoms with Crippen molar-refractivity contribution < 1.29 is 23.1 Å². The third kappa shape index (κ3) is 5.62. The SMILES string of the molecule is COc1ccc(-n2nc(C(C)(C)C)c3c2N(CC(=O)NCc2ccco2)C(=O)CSC3c2cccc(F)c2)cc1. The van der Waals surface area contributed by atoms with Crippen molar-refractivity contribution in [2.45, 2.75) is 38.0 Å². The van der Waals surface area contributed by atoms with Crippen LogP contribution in [0.2, 0.25) is 0 Å². The maximum atomic E-state index is 14.4. The summed E-state index contributed by atoms with van der Waals surface area (Å²) < 4.78 is 26.8. The summed E-state index contributed by atoms with van der Waals surface area (Å²) >= 11 is 1.41. The molecular weight excluding hydrogens is 531 g/mol. The number of thioether (sulfide) groups is 1. The molecule has 2 aromatic carbocycles. The van der Waals surface area contributed by atoms with Gasteiger partial charge in [0.05, 0.1) is 42.3 Å². The highest BCUT2D eigenvalue weighted by molar-refractivity contribution is 8.00. The van der Waals surface area contributed by atoms with E-state index in [4.69, 9.17) is 14.3 Å². The molecule has 0 spiro atoms. The monoisotopic (exact) mass is 562 g/mol. The van der Waals surface area contributed by atoms with E-state index in [1.54, 1.807) is 30.0 Å². The third-order valence-corrected chi connectivity index (χ3v) is 7.86. The number of halogens is 1. The minimum atomic E-state index is -0.422. The predicted octanol–water partition coefficient (Wildman–Crippen LogP) is 5.40. The lowest BCUT2D eigenvalue weighted by atomic mass is 9.87. The molecule has 0 radical (unpaired) electrons. The molecule has 0 bridgehead atoms. The quantitative estimate of drug-likeness (QED) is 0.325. The van der Waals surface area contributed by atoms with E-state index in [1.165, 1.54) is 35.1 Å². The molecule has 5 rings (SSSR count). The van der Waals surface area contributed by atoms with Crippen molar-refractivity contribution in [1.82, 2.24) is 15.1 Å². The number of furan rings is 1. The molecule has 1 N–H and O–H groups in total. The van der Waals surface area contributed by atoms with Gasteiger partial charge in [-0.25, -0.2) is 9.07 Å². The molecule has 1 aliphatic rings. The number of benzene rings is 2. The molecule has 3 heterocycles. The van der Waals surface area contributed by atoms with Crippen LogP contribution in [0.3, 0.4) is 0 Å². The van der Waals surface area contributed by atoms with Gasteiger partial charge in [-0.15, -0.1) is 11.8 Å². The van der Waals surface area contributed by atoms with Crippen molar-refractivity contribution in [3.05, 3.63) is 95.3 Å². The Morgan fingerprint density at radius 1 is 1.18 bits per heavy atom. The van der Waals surface area contributed by atoms with E-state index in [9.17, 15) is 14.0 Å². The predicted molar refractivity (Wildman–Crippen MR) is 152 cm³/mol. The van der Waals surface area contributed by atoms with Gasteiger partial charge in [0.1, 0.15) is 29.7 Å². The number of hydrogen-bond donors (Lipinski definition) is 1. The van der Waals surface area contributed by atoms with Crippen LogP contribution < -0.4 is 15.0 Å². The van der Waals surface area contributed by atoms with Crippen LogP contribution in [0.25, 0.3) is 5.69 Å². The smallest absolute Gasteiger partial charge is 0.240 e. The van der Waals surface area contributed by atoms with Crippen LogP contribution in [0.5, 0.6) is 5.75 Å². The molecule has 208 valence electrons. The van der Waals surface area contributed by atoms with Crippen molar-refractivity contribution in [1.29, 1.82) is 0 Å². The number of amides is 2. The van der Waals surface area contributed by atoms with Crippen molar-refractivity contribution >= 4 is 29.4 Å². The zero-order chi connectivity index (χ0) is 28.4. The Balaban J connectivity index is 1.67. The number of anilines is 1. The average Bonchev–Trinajstić information content (AvgIpc) is 3.56. The molecular formula is C30H31FN4O4S. The third-order valence-electron chi connectivity index (χ3n) is 6.61. The minimum Gasteiger partial charge on any atom is -0.497 e. The first-order valence-corrected chi connectivity index (χ1v) is 13.9. The second kappa shape index (κ2) is 11.2. The number of nitrogens with one attached hydrogen (secondary N) is 1. The van der Waals surface area contributed by atoms with E-state index in [2.05, 4.69) is 5.32 Å². The van der Waals surface area contributed by atoms with Gasteiger partial charge in [-0.3, -0.25) is 14.5 Å². The summed E-state index contributed by atoms with van der Waals surface area (Å²) in [5, 5.41) is 7.49. The Labute approximate surface area is 236 Å². The van der Waals surface area contributed by atoms with Crippen molar-refractivity contribution in [2.75, 3.05) is 24.3 Å². The largest absolute Gasteiger partial charge is 0.497 e. The van der Waals surface area contributed by atoms with Crippen LogP contribution in [0, 0.1) is 5.82 Å². The van der Waals surface area contributed by atoms with Crippen molar-refractivity contribution in [2.24, 2.45) is 0 Å². The van der Waals surface area contributed by atoms with Gasteiger partial charge in [0.2, 0.25) is 11.8 Å². The van der Waals surface area contributed by atoms with Crippen molar-refractivity contribution in [3.63, 3.8) is 0 Å². The molecule has 1 unspecified atom stereocenters. The summed E-state index contributed by atoms with van der Waals surface area (Å²) in [7, 11) is 1.59. The number of fused-ring (bicyclic) bond motifs is 1. The normalized spacial score (nSPS) is 15.5. The Morgan fingerprint density at radius 3 is 2.60 bits per heavy atom. The summed E-state index contributed by atoms with van der Waals surface area (Å²) in [6.07, 6.45) is 1.54.